The average Bonchev–Trinajstić information content (AvgIpc) is 3.23. The number of hydrogen-bond acceptors (Lipinski definition) is 7. The third-order valence-corrected chi connectivity index (χ3v) is 5.11. The molecule has 0 unspecified atom stereocenters. The van der Waals surface area contributed by atoms with Crippen molar-refractivity contribution in [2.24, 2.45) is 0 Å². The van der Waals surface area contributed by atoms with E-state index < -0.39 is 0 Å². The van der Waals surface area contributed by atoms with Gasteiger partial charge in [0, 0.05) is 38.7 Å². The Labute approximate surface area is 181 Å². The standard InChI is InChI=1S/C23H26N4O4/c1-17-25-22(26-31-17)16-30-21-8-6-18(7-9-21)23(28)24-14-19-4-2-3-5-20(19)15-27-10-12-29-13-11-27/h2-9H,10-16H2,1H3,(H,24,28). The van der Waals surface area contributed by atoms with Gasteiger partial charge in [0.05, 0.1) is 13.2 Å². The number of aromatic nitrogens is 2. The third kappa shape index (κ3) is 5.90. The lowest BCUT2D eigenvalue weighted by Gasteiger charge is -2.27. The molecule has 1 N–H and O–H groups in total. The number of aryl methyl sites for hydroxylation is 1. The Morgan fingerprint density at radius 3 is 2.55 bits per heavy atom. The Bertz CT molecular complexity index is 997. The highest BCUT2D eigenvalue weighted by atomic mass is 16.5. The van der Waals surface area contributed by atoms with Gasteiger partial charge in [0.25, 0.3) is 5.91 Å². The molecule has 3 aromatic rings. The highest BCUT2D eigenvalue weighted by Crippen LogP contribution is 2.15. The molecule has 0 bridgehead atoms. The maximum absolute atomic E-state index is 12.6. The summed E-state index contributed by atoms with van der Waals surface area (Å²) in [4.78, 5) is 19.1. The Morgan fingerprint density at radius 1 is 1.10 bits per heavy atom. The van der Waals surface area contributed by atoms with Gasteiger partial charge >= 0.3 is 0 Å². The fourth-order valence-electron chi connectivity index (χ4n) is 3.41. The number of carbonyl (C=O) groups is 1. The first-order chi connectivity index (χ1) is 15.2. The molecular weight excluding hydrogens is 396 g/mol. The lowest BCUT2D eigenvalue weighted by atomic mass is 10.1. The summed E-state index contributed by atoms with van der Waals surface area (Å²) in [7, 11) is 0. The van der Waals surface area contributed by atoms with Gasteiger partial charge in [0.15, 0.2) is 6.61 Å². The second-order valence-electron chi connectivity index (χ2n) is 7.38. The summed E-state index contributed by atoms with van der Waals surface area (Å²) in [5.41, 5.74) is 2.93. The lowest BCUT2D eigenvalue weighted by Crippen LogP contribution is -2.36. The van der Waals surface area contributed by atoms with Gasteiger partial charge in [0.2, 0.25) is 11.7 Å². The van der Waals surface area contributed by atoms with Gasteiger partial charge < -0.3 is 19.3 Å². The van der Waals surface area contributed by atoms with E-state index in [1.807, 2.05) is 12.1 Å². The minimum absolute atomic E-state index is 0.124. The summed E-state index contributed by atoms with van der Waals surface area (Å²) in [6, 6.07) is 15.2. The molecule has 162 valence electrons. The number of morpholine rings is 1. The highest BCUT2D eigenvalue weighted by molar-refractivity contribution is 5.94. The van der Waals surface area contributed by atoms with Crippen LogP contribution in [0.15, 0.2) is 53.1 Å². The zero-order chi connectivity index (χ0) is 21.5. The van der Waals surface area contributed by atoms with Gasteiger partial charge in [-0.25, -0.2) is 0 Å². The van der Waals surface area contributed by atoms with Gasteiger partial charge in [0.1, 0.15) is 5.75 Å². The van der Waals surface area contributed by atoms with Crippen LogP contribution in [0.5, 0.6) is 5.75 Å². The van der Waals surface area contributed by atoms with E-state index in [-0.39, 0.29) is 12.5 Å². The van der Waals surface area contributed by atoms with E-state index >= 15 is 0 Å². The SMILES string of the molecule is Cc1nc(COc2ccc(C(=O)NCc3ccccc3CN3CCOCC3)cc2)no1. The van der Waals surface area contributed by atoms with Crippen LogP contribution < -0.4 is 10.1 Å². The molecule has 1 fully saturated rings. The summed E-state index contributed by atoms with van der Waals surface area (Å²) in [5, 5.41) is 6.81. The van der Waals surface area contributed by atoms with E-state index in [0.29, 0.717) is 29.6 Å². The first-order valence-electron chi connectivity index (χ1n) is 10.3. The van der Waals surface area contributed by atoms with Gasteiger partial charge in [-0.15, -0.1) is 0 Å². The Morgan fingerprint density at radius 2 is 1.84 bits per heavy atom. The predicted molar refractivity (Wildman–Crippen MR) is 114 cm³/mol. The first kappa shape index (κ1) is 21.0. The van der Waals surface area contributed by atoms with E-state index in [9.17, 15) is 4.79 Å². The molecule has 31 heavy (non-hydrogen) atoms. The number of nitrogens with one attached hydrogen (secondary N) is 1. The zero-order valence-electron chi connectivity index (χ0n) is 17.5. The topological polar surface area (TPSA) is 89.7 Å². The van der Waals surface area contributed by atoms with Gasteiger partial charge in [-0.3, -0.25) is 9.69 Å². The highest BCUT2D eigenvalue weighted by Gasteiger charge is 2.13. The lowest BCUT2D eigenvalue weighted by molar-refractivity contribution is 0.0340. The van der Waals surface area contributed by atoms with Crippen LogP contribution >= 0.6 is 0 Å². The Hall–Kier alpha value is -3.23. The van der Waals surface area contributed by atoms with Crippen LogP contribution in [0.25, 0.3) is 0 Å². The number of nitrogens with zero attached hydrogens (tertiary/aromatic N) is 3. The summed E-state index contributed by atoms with van der Waals surface area (Å²) in [6.07, 6.45) is 0. The van der Waals surface area contributed by atoms with E-state index in [4.69, 9.17) is 14.0 Å². The number of carbonyl (C=O) groups excluding carboxylic acids is 1. The minimum atomic E-state index is -0.124. The predicted octanol–water partition coefficient (Wildman–Crippen LogP) is 2.72. The van der Waals surface area contributed by atoms with Crippen molar-refractivity contribution in [3.63, 3.8) is 0 Å². The Kier molecular flexibility index (Phi) is 6.91. The van der Waals surface area contributed by atoms with Crippen LogP contribution in [0.4, 0.5) is 0 Å². The average molecular weight is 422 g/mol. The van der Waals surface area contributed by atoms with Crippen LogP contribution in [0.1, 0.15) is 33.2 Å². The van der Waals surface area contributed by atoms with Crippen molar-refractivity contribution in [3.05, 3.63) is 76.9 Å². The van der Waals surface area contributed by atoms with Crippen molar-refractivity contribution >= 4 is 5.91 Å². The van der Waals surface area contributed by atoms with E-state index in [2.05, 4.69) is 32.5 Å². The molecule has 0 saturated carbocycles. The number of rotatable bonds is 8. The number of ether oxygens (including phenoxy) is 2. The van der Waals surface area contributed by atoms with E-state index in [0.717, 1.165) is 38.4 Å². The summed E-state index contributed by atoms with van der Waals surface area (Å²) >= 11 is 0. The van der Waals surface area contributed by atoms with Gasteiger partial charge in [-0.2, -0.15) is 4.98 Å². The monoisotopic (exact) mass is 422 g/mol. The third-order valence-electron chi connectivity index (χ3n) is 5.11. The van der Waals surface area contributed by atoms with Crippen LogP contribution in [0, 0.1) is 6.92 Å². The molecule has 4 rings (SSSR count). The molecule has 0 atom stereocenters. The van der Waals surface area contributed by atoms with Crippen molar-refractivity contribution in [2.45, 2.75) is 26.6 Å². The molecule has 1 aliphatic heterocycles. The Balaban J connectivity index is 1.30. The second-order valence-corrected chi connectivity index (χ2v) is 7.38. The smallest absolute Gasteiger partial charge is 0.251 e. The van der Waals surface area contributed by atoms with Crippen LogP contribution in [0.2, 0.25) is 0 Å². The van der Waals surface area contributed by atoms with Crippen molar-refractivity contribution in [1.82, 2.24) is 20.4 Å². The summed E-state index contributed by atoms with van der Waals surface area (Å²) in [6.45, 7) is 6.69. The van der Waals surface area contributed by atoms with Crippen LogP contribution in [-0.2, 0) is 24.4 Å². The molecular formula is C23H26N4O4. The minimum Gasteiger partial charge on any atom is -0.485 e. The quantitative estimate of drug-likeness (QED) is 0.597. The molecule has 1 saturated heterocycles. The molecule has 0 aliphatic carbocycles. The van der Waals surface area contributed by atoms with Crippen molar-refractivity contribution in [2.75, 3.05) is 26.3 Å². The maximum Gasteiger partial charge on any atom is 0.251 e. The van der Waals surface area contributed by atoms with Crippen LogP contribution in [0.3, 0.4) is 0 Å². The molecule has 8 nitrogen and oxygen atoms in total. The molecule has 2 aromatic carbocycles. The first-order valence-corrected chi connectivity index (χ1v) is 10.3. The number of hydrogen-bond donors (Lipinski definition) is 1. The molecule has 1 amide bonds. The van der Waals surface area contributed by atoms with E-state index in [1.165, 1.54) is 5.56 Å². The normalized spacial score (nSPS) is 14.4. The molecule has 0 spiro atoms. The van der Waals surface area contributed by atoms with Crippen LogP contribution in [-0.4, -0.2) is 47.3 Å². The zero-order valence-corrected chi connectivity index (χ0v) is 17.5. The van der Waals surface area contributed by atoms with Gasteiger partial charge in [-0.1, -0.05) is 29.4 Å². The number of benzene rings is 2. The second kappa shape index (κ2) is 10.2. The van der Waals surface area contributed by atoms with Crippen molar-refractivity contribution in [3.8, 4) is 5.75 Å². The maximum atomic E-state index is 12.6. The fraction of sp³-hybridized carbons (Fsp3) is 0.348. The van der Waals surface area contributed by atoms with Gasteiger partial charge in [-0.05, 0) is 35.4 Å². The molecule has 2 heterocycles. The molecule has 0 radical (unpaired) electrons. The fourth-order valence-corrected chi connectivity index (χ4v) is 3.41. The number of amides is 1. The molecule has 8 heteroatoms. The summed E-state index contributed by atoms with van der Waals surface area (Å²) in [5.74, 6) is 1.49. The van der Waals surface area contributed by atoms with E-state index in [1.54, 1.807) is 31.2 Å². The molecule has 1 aromatic heterocycles. The van der Waals surface area contributed by atoms with Crippen molar-refractivity contribution < 1.29 is 18.8 Å². The van der Waals surface area contributed by atoms with Crippen molar-refractivity contribution in [1.29, 1.82) is 0 Å². The summed E-state index contributed by atoms with van der Waals surface area (Å²) < 4.78 is 16.0. The molecule has 1 aliphatic rings. The largest absolute Gasteiger partial charge is 0.485 e.